The Labute approximate surface area is 229 Å². The predicted molar refractivity (Wildman–Crippen MR) is 160 cm³/mol. The van der Waals surface area contributed by atoms with E-state index in [4.69, 9.17) is 0 Å². The summed E-state index contributed by atoms with van der Waals surface area (Å²) in [5.41, 5.74) is 6.91. The molecule has 5 aromatic rings. The number of nitrogens with one attached hydrogen (secondary N) is 1. The Morgan fingerprint density at radius 1 is 0.667 bits per heavy atom. The molecular formula is C34H32N4O. The quantitative estimate of drug-likeness (QED) is 0.163. The highest BCUT2D eigenvalue weighted by Crippen LogP contribution is 2.27. The van der Waals surface area contributed by atoms with Gasteiger partial charge in [-0.05, 0) is 50.9 Å². The maximum atomic E-state index is 12.8. The molecule has 0 bridgehead atoms. The fourth-order valence-electron chi connectivity index (χ4n) is 5.37. The van der Waals surface area contributed by atoms with Crippen LogP contribution in [0.25, 0.3) is 21.5 Å². The summed E-state index contributed by atoms with van der Waals surface area (Å²) >= 11 is 0. The van der Waals surface area contributed by atoms with Gasteiger partial charge in [0.05, 0.1) is 6.21 Å². The second kappa shape index (κ2) is 11.6. The van der Waals surface area contributed by atoms with E-state index >= 15 is 0 Å². The van der Waals surface area contributed by atoms with E-state index in [0.717, 1.165) is 66.4 Å². The number of nitrogens with zero attached hydrogens (tertiary/aromatic N) is 3. The van der Waals surface area contributed by atoms with Crippen molar-refractivity contribution < 1.29 is 4.79 Å². The second-order valence-corrected chi connectivity index (χ2v) is 10.2. The van der Waals surface area contributed by atoms with Crippen LogP contribution in [0.3, 0.4) is 0 Å². The van der Waals surface area contributed by atoms with Gasteiger partial charge in [-0.25, -0.2) is 5.43 Å². The van der Waals surface area contributed by atoms with Gasteiger partial charge < -0.3 is 0 Å². The Bertz CT molecular complexity index is 1550. The first-order valence-electron chi connectivity index (χ1n) is 13.5. The molecule has 0 aromatic heterocycles. The second-order valence-electron chi connectivity index (χ2n) is 10.2. The molecule has 5 nitrogen and oxygen atoms in total. The zero-order valence-corrected chi connectivity index (χ0v) is 22.0. The molecule has 0 aliphatic carbocycles. The Morgan fingerprint density at radius 3 is 1.77 bits per heavy atom. The van der Waals surface area contributed by atoms with E-state index in [9.17, 15) is 4.79 Å². The van der Waals surface area contributed by atoms with Crippen LogP contribution < -0.4 is 5.43 Å². The molecule has 0 unspecified atom stereocenters. The summed E-state index contributed by atoms with van der Waals surface area (Å²) in [7, 11) is 0. The summed E-state index contributed by atoms with van der Waals surface area (Å²) < 4.78 is 0. The van der Waals surface area contributed by atoms with Gasteiger partial charge in [-0.2, -0.15) is 5.10 Å². The number of amides is 1. The Morgan fingerprint density at radius 2 is 1.18 bits per heavy atom. The van der Waals surface area contributed by atoms with Gasteiger partial charge in [0, 0.05) is 50.4 Å². The van der Waals surface area contributed by atoms with Gasteiger partial charge >= 0.3 is 0 Å². The highest BCUT2D eigenvalue weighted by molar-refractivity contribution is 6.13. The van der Waals surface area contributed by atoms with Gasteiger partial charge in [0.1, 0.15) is 0 Å². The Hall–Kier alpha value is -4.32. The fraction of sp³-hybridized carbons (Fsp3) is 0.176. The van der Waals surface area contributed by atoms with E-state index in [0.29, 0.717) is 5.56 Å². The number of fused-ring (bicyclic) bond motifs is 2. The topological polar surface area (TPSA) is 47.9 Å². The summed E-state index contributed by atoms with van der Waals surface area (Å²) in [5, 5.41) is 8.86. The van der Waals surface area contributed by atoms with Crippen molar-refractivity contribution in [2.24, 2.45) is 5.10 Å². The number of carbonyl (C=O) groups excluding carboxylic acids is 1. The van der Waals surface area contributed by atoms with Gasteiger partial charge in [0.25, 0.3) is 5.91 Å². The minimum Gasteiger partial charge on any atom is -0.297 e. The number of hydrogen-bond acceptors (Lipinski definition) is 4. The maximum absolute atomic E-state index is 12.8. The molecule has 1 fully saturated rings. The first-order valence-corrected chi connectivity index (χ1v) is 13.5. The number of benzene rings is 5. The standard InChI is InChI=1S/C34H32N4O/c39-34(36-35-23-33-31-12-6-4-10-29(31)22-30-11-5-7-13-32(30)33)28-16-14-27(15-17-28)25-38-20-18-37(19-21-38)24-26-8-2-1-3-9-26/h1-17,22-23H,18-21,24-25H2,(H,36,39)/b35-23-. The van der Waals surface area contributed by atoms with Crippen LogP contribution in [0.1, 0.15) is 27.0 Å². The van der Waals surface area contributed by atoms with E-state index in [1.807, 2.05) is 48.5 Å². The lowest BCUT2D eigenvalue weighted by Crippen LogP contribution is -2.45. The molecule has 1 amide bonds. The van der Waals surface area contributed by atoms with Gasteiger partial charge in [-0.3, -0.25) is 14.6 Å². The van der Waals surface area contributed by atoms with Crippen LogP contribution in [0, 0.1) is 0 Å². The number of hydrazone groups is 1. The van der Waals surface area contributed by atoms with Crippen molar-refractivity contribution in [3.8, 4) is 0 Å². The summed E-state index contributed by atoms with van der Waals surface area (Å²) in [6.07, 6.45) is 1.76. The van der Waals surface area contributed by atoms with Crippen molar-refractivity contribution in [1.29, 1.82) is 0 Å². The minimum atomic E-state index is -0.211. The molecule has 1 saturated heterocycles. The smallest absolute Gasteiger partial charge is 0.271 e. The molecule has 0 saturated carbocycles. The first kappa shape index (κ1) is 25.0. The van der Waals surface area contributed by atoms with Crippen LogP contribution in [0.5, 0.6) is 0 Å². The van der Waals surface area contributed by atoms with Crippen molar-refractivity contribution in [1.82, 2.24) is 15.2 Å². The SMILES string of the molecule is O=C(N/N=C\c1c2ccccc2cc2ccccc12)c1ccc(CN2CCN(Cc3ccccc3)CC2)cc1. The lowest BCUT2D eigenvalue weighted by Gasteiger charge is -2.34. The zero-order chi connectivity index (χ0) is 26.4. The summed E-state index contributed by atoms with van der Waals surface area (Å²) in [6.45, 7) is 6.14. The minimum absolute atomic E-state index is 0.211. The van der Waals surface area contributed by atoms with Crippen molar-refractivity contribution >= 4 is 33.7 Å². The third kappa shape index (κ3) is 5.90. The lowest BCUT2D eigenvalue weighted by molar-refractivity contribution is 0.0955. The lowest BCUT2D eigenvalue weighted by atomic mass is 9.97. The average Bonchev–Trinajstić information content (AvgIpc) is 2.98. The molecule has 0 spiro atoms. The third-order valence-electron chi connectivity index (χ3n) is 7.51. The summed E-state index contributed by atoms with van der Waals surface area (Å²) in [6, 6.07) is 37.2. The number of rotatable bonds is 7. The highest BCUT2D eigenvalue weighted by Gasteiger charge is 2.17. The normalized spacial score (nSPS) is 14.8. The van der Waals surface area contributed by atoms with E-state index in [1.165, 1.54) is 11.1 Å². The fourth-order valence-corrected chi connectivity index (χ4v) is 5.37. The molecule has 39 heavy (non-hydrogen) atoms. The van der Waals surface area contributed by atoms with E-state index in [2.05, 4.69) is 81.0 Å². The number of carbonyl (C=O) groups is 1. The summed E-state index contributed by atoms with van der Waals surface area (Å²) in [4.78, 5) is 17.8. The van der Waals surface area contributed by atoms with E-state index in [1.54, 1.807) is 6.21 Å². The molecule has 5 heteroatoms. The zero-order valence-electron chi connectivity index (χ0n) is 22.0. The number of hydrogen-bond donors (Lipinski definition) is 1. The van der Waals surface area contributed by atoms with Gasteiger partial charge in [0.2, 0.25) is 0 Å². The monoisotopic (exact) mass is 512 g/mol. The van der Waals surface area contributed by atoms with Crippen molar-refractivity contribution in [3.05, 3.63) is 131 Å². The van der Waals surface area contributed by atoms with Gasteiger partial charge in [-0.15, -0.1) is 0 Å². The van der Waals surface area contributed by atoms with E-state index < -0.39 is 0 Å². The van der Waals surface area contributed by atoms with Crippen molar-refractivity contribution in [2.45, 2.75) is 13.1 Å². The van der Waals surface area contributed by atoms with Crippen molar-refractivity contribution in [3.63, 3.8) is 0 Å². The highest BCUT2D eigenvalue weighted by atomic mass is 16.2. The molecule has 5 aromatic carbocycles. The van der Waals surface area contributed by atoms with Crippen LogP contribution in [-0.4, -0.2) is 48.1 Å². The molecule has 1 heterocycles. The molecule has 0 atom stereocenters. The van der Waals surface area contributed by atoms with Gasteiger partial charge in [0.15, 0.2) is 0 Å². The van der Waals surface area contributed by atoms with Crippen LogP contribution in [0.2, 0.25) is 0 Å². The molecule has 1 aliphatic rings. The van der Waals surface area contributed by atoms with Crippen LogP contribution in [0.15, 0.2) is 114 Å². The van der Waals surface area contributed by atoms with Gasteiger partial charge in [-0.1, -0.05) is 91.0 Å². The molecule has 1 N–H and O–H groups in total. The van der Waals surface area contributed by atoms with Crippen LogP contribution in [-0.2, 0) is 13.1 Å². The van der Waals surface area contributed by atoms with Crippen LogP contribution in [0.4, 0.5) is 0 Å². The molecule has 6 rings (SSSR count). The largest absolute Gasteiger partial charge is 0.297 e. The third-order valence-corrected chi connectivity index (χ3v) is 7.51. The average molecular weight is 513 g/mol. The first-order chi connectivity index (χ1) is 19.2. The maximum Gasteiger partial charge on any atom is 0.271 e. The summed E-state index contributed by atoms with van der Waals surface area (Å²) in [5.74, 6) is -0.211. The van der Waals surface area contributed by atoms with E-state index in [-0.39, 0.29) is 5.91 Å². The molecule has 0 radical (unpaired) electrons. The molecular weight excluding hydrogens is 480 g/mol. The van der Waals surface area contributed by atoms with Crippen molar-refractivity contribution in [2.75, 3.05) is 26.2 Å². The molecule has 1 aliphatic heterocycles. The van der Waals surface area contributed by atoms with Crippen LogP contribution >= 0.6 is 0 Å². The number of piperazine rings is 1. The predicted octanol–water partition coefficient (Wildman–Crippen LogP) is 6.07. The Balaban J connectivity index is 1.05. The Kier molecular flexibility index (Phi) is 7.43. The molecule has 194 valence electrons.